The van der Waals surface area contributed by atoms with E-state index in [0.29, 0.717) is 43.2 Å². The highest BCUT2D eigenvalue weighted by Crippen LogP contribution is 2.37. The molecule has 1 aliphatic rings. The third-order valence-electron chi connectivity index (χ3n) is 7.02. The normalized spacial score (nSPS) is 14.9. The molecule has 1 heterocycles. The molecule has 3 aromatic rings. The first-order chi connectivity index (χ1) is 19.0. The van der Waals surface area contributed by atoms with Crippen LogP contribution in [0.1, 0.15) is 35.2 Å². The summed E-state index contributed by atoms with van der Waals surface area (Å²) in [5.74, 6) is -0.0744. The van der Waals surface area contributed by atoms with Gasteiger partial charge in [0.25, 0.3) is 5.91 Å². The number of carbonyl (C=O) groups excluding carboxylic acids is 2. The van der Waals surface area contributed by atoms with Crippen LogP contribution in [0.15, 0.2) is 78.9 Å². The molecule has 40 heavy (non-hydrogen) atoms. The van der Waals surface area contributed by atoms with Crippen LogP contribution in [0.3, 0.4) is 0 Å². The minimum Gasteiger partial charge on any atom is -0.493 e. The van der Waals surface area contributed by atoms with Crippen LogP contribution in [-0.4, -0.2) is 54.7 Å². The summed E-state index contributed by atoms with van der Waals surface area (Å²) in [5, 5.41) is 0.588. The molecule has 0 aromatic heterocycles. The van der Waals surface area contributed by atoms with Crippen LogP contribution in [0.5, 0.6) is 11.5 Å². The molecule has 0 unspecified atom stereocenters. The van der Waals surface area contributed by atoms with Gasteiger partial charge in [-0.15, -0.1) is 13.2 Å². The van der Waals surface area contributed by atoms with Crippen molar-refractivity contribution in [3.63, 3.8) is 0 Å². The minimum absolute atomic E-state index is 0.0245. The van der Waals surface area contributed by atoms with Crippen LogP contribution in [0.2, 0.25) is 5.02 Å². The zero-order chi connectivity index (χ0) is 28.8. The van der Waals surface area contributed by atoms with E-state index in [4.69, 9.17) is 16.3 Å². The second-order valence-electron chi connectivity index (χ2n) is 10.0. The molecule has 2 amide bonds. The molecule has 212 valence electrons. The number of nitrogens with zero attached hydrogens (tertiary/aromatic N) is 2. The average Bonchev–Trinajstić information content (AvgIpc) is 2.93. The summed E-state index contributed by atoms with van der Waals surface area (Å²) in [7, 11) is 1.77. The lowest BCUT2D eigenvalue weighted by Crippen LogP contribution is -2.47. The average molecular weight is 575 g/mol. The molecule has 1 aliphatic heterocycles. The molecule has 0 bridgehead atoms. The summed E-state index contributed by atoms with van der Waals surface area (Å²) in [6.07, 6.45) is -3.52. The van der Waals surface area contributed by atoms with Crippen LogP contribution < -0.4 is 9.47 Å². The molecular weight excluding hydrogens is 545 g/mol. The lowest BCUT2D eigenvalue weighted by molar-refractivity contribution is -0.274. The number of hydrogen-bond acceptors (Lipinski definition) is 4. The van der Waals surface area contributed by atoms with Crippen molar-refractivity contribution in [3.8, 4) is 11.5 Å². The standard InChI is InChI=1S/C30H30ClF3N2O4/c1-35(20-22-5-3-2-4-6-22)27(37)19-29(21-39-25-13-9-24(31)10-14-25)15-17-36(18-16-29)28(38)23-7-11-26(12-8-23)40-30(32,33)34/h2-14H,15-21H2,1H3. The number of piperidine rings is 1. The second-order valence-corrected chi connectivity index (χ2v) is 10.5. The Kier molecular flexibility index (Phi) is 9.25. The first kappa shape index (κ1) is 29.3. The van der Waals surface area contributed by atoms with Gasteiger partial charge in [-0.2, -0.15) is 0 Å². The van der Waals surface area contributed by atoms with Gasteiger partial charge >= 0.3 is 6.36 Å². The number of alkyl halides is 3. The number of rotatable bonds is 9. The molecule has 10 heteroatoms. The lowest BCUT2D eigenvalue weighted by atomic mass is 9.75. The monoisotopic (exact) mass is 574 g/mol. The maximum absolute atomic E-state index is 13.3. The van der Waals surface area contributed by atoms with Crippen molar-refractivity contribution in [2.24, 2.45) is 5.41 Å². The van der Waals surface area contributed by atoms with Crippen LogP contribution in [0.4, 0.5) is 13.2 Å². The smallest absolute Gasteiger partial charge is 0.493 e. The van der Waals surface area contributed by atoms with E-state index >= 15 is 0 Å². The van der Waals surface area contributed by atoms with E-state index in [-0.39, 0.29) is 36.2 Å². The lowest BCUT2D eigenvalue weighted by Gasteiger charge is -2.42. The van der Waals surface area contributed by atoms with Gasteiger partial charge < -0.3 is 19.3 Å². The third-order valence-corrected chi connectivity index (χ3v) is 7.27. The van der Waals surface area contributed by atoms with E-state index in [2.05, 4.69) is 4.74 Å². The van der Waals surface area contributed by atoms with Gasteiger partial charge in [0, 0.05) is 49.1 Å². The highest BCUT2D eigenvalue weighted by atomic mass is 35.5. The number of halogens is 4. The van der Waals surface area contributed by atoms with Gasteiger partial charge in [-0.05, 0) is 66.9 Å². The van der Waals surface area contributed by atoms with Crippen LogP contribution in [0, 0.1) is 5.41 Å². The van der Waals surface area contributed by atoms with Gasteiger partial charge in [0.1, 0.15) is 11.5 Å². The van der Waals surface area contributed by atoms with Crippen molar-refractivity contribution in [3.05, 3.63) is 95.0 Å². The predicted octanol–water partition coefficient (Wildman–Crippen LogP) is 6.59. The fraction of sp³-hybridized carbons (Fsp3) is 0.333. The van der Waals surface area contributed by atoms with Crippen LogP contribution in [0.25, 0.3) is 0 Å². The van der Waals surface area contributed by atoms with Crippen molar-refractivity contribution in [2.75, 3.05) is 26.7 Å². The van der Waals surface area contributed by atoms with E-state index in [1.165, 1.54) is 12.1 Å². The molecule has 0 N–H and O–H groups in total. The maximum atomic E-state index is 13.3. The summed E-state index contributed by atoms with van der Waals surface area (Å²) in [4.78, 5) is 29.8. The SMILES string of the molecule is CN(Cc1ccccc1)C(=O)CC1(COc2ccc(Cl)cc2)CCN(C(=O)c2ccc(OC(F)(F)F)cc2)CC1. The minimum atomic E-state index is -4.80. The maximum Gasteiger partial charge on any atom is 0.573 e. The van der Waals surface area contributed by atoms with Crippen molar-refractivity contribution in [2.45, 2.75) is 32.2 Å². The fourth-order valence-electron chi connectivity index (χ4n) is 4.71. The van der Waals surface area contributed by atoms with Gasteiger partial charge in [0.15, 0.2) is 0 Å². The number of hydrogen-bond donors (Lipinski definition) is 0. The quantitative estimate of drug-likeness (QED) is 0.289. The Morgan fingerprint density at radius 2 is 1.52 bits per heavy atom. The van der Waals surface area contributed by atoms with E-state index in [9.17, 15) is 22.8 Å². The van der Waals surface area contributed by atoms with E-state index in [0.717, 1.165) is 17.7 Å². The number of amides is 2. The molecule has 3 aromatic carbocycles. The summed E-state index contributed by atoms with van der Waals surface area (Å²) >= 11 is 5.99. The topological polar surface area (TPSA) is 59.1 Å². The first-order valence-electron chi connectivity index (χ1n) is 12.8. The molecule has 0 saturated carbocycles. The van der Waals surface area contributed by atoms with Gasteiger partial charge in [0.2, 0.25) is 5.91 Å². The van der Waals surface area contributed by atoms with Crippen LogP contribution in [-0.2, 0) is 11.3 Å². The number of ether oxygens (including phenoxy) is 2. The molecule has 4 rings (SSSR count). The highest BCUT2D eigenvalue weighted by molar-refractivity contribution is 6.30. The van der Waals surface area contributed by atoms with Gasteiger partial charge in [-0.25, -0.2) is 0 Å². The summed E-state index contributed by atoms with van der Waals surface area (Å²) < 4.78 is 47.4. The van der Waals surface area contributed by atoms with Gasteiger partial charge in [0.05, 0.1) is 6.61 Å². The largest absolute Gasteiger partial charge is 0.573 e. The molecule has 0 spiro atoms. The molecule has 1 saturated heterocycles. The summed E-state index contributed by atoms with van der Waals surface area (Å²) in [6.45, 7) is 1.51. The van der Waals surface area contributed by atoms with Crippen molar-refractivity contribution in [1.82, 2.24) is 9.80 Å². The van der Waals surface area contributed by atoms with Crippen molar-refractivity contribution < 1.29 is 32.2 Å². The molecule has 0 radical (unpaired) electrons. The first-order valence-corrected chi connectivity index (χ1v) is 13.2. The molecular formula is C30H30ClF3N2O4. The van der Waals surface area contributed by atoms with E-state index in [1.54, 1.807) is 41.1 Å². The zero-order valence-corrected chi connectivity index (χ0v) is 22.8. The van der Waals surface area contributed by atoms with Crippen LogP contribution >= 0.6 is 11.6 Å². The Morgan fingerprint density at radius 1 is 0.925 bits per heavy atom. The Labute approximate surface area is 236 Å². The van der Waals surface area contributed by atoms with E-state index in [1.807, 2.05) is 30.3 Å². The van der Waals surface area contributed by atoms with Crippen molar-refractivity contribution >= 4 is 23.4 Å². The fourth-order valence-corrected chi connectivity index (χ4v) is 4.83. The Bertz CT molecular complexity index is 1280. The van der Waals surface area contributed by atoms with Gasteiger partial charge in [-0.1, -0.05) is 41.9 Å². The number of benzene rings is 3. The Hall–Kier alpha value is -3.72. The summed E-state index contributed by atoms with van der Waals surface area (Å²) in [5.41, 5.74) is 0.776. The molecule has 1 fully saturated rings. The molecule has 0 aliphatic carbocycles. The highest BCUT2D eigenvalue weighted by Gasteiger charge is 2.39. The Balaban J connectivity index is 1.43. The number of likely N-dealkylation sites (tertiary alicyclic amines) is 1. The third kappa shape index (κ3) is 8.14. The Morgan fingerprint density at radius 3 is 2.12 bits per heavy atom. The van der Waals surface area contributed by atoms with Crippen molar-refractivity contribution in [1.29, 1.82) is 0 Å². The predicted molar refractivity (Wildman–Crippen MR) is 145 cm³/mol. The molecule has 0 atom stereocenters. The van der Waals surface area contributed by atoms with Gasteiger partial charge in [-0.3, -0.25) is 9.59 Å². The second kappa shape index (κ2) is 12.6. The van der Waals surface area contributed by atoms with E-state index < -0.39 is 11.8 Å². The number of carbonyl (C=O) groups is 2. The molecule has 6 nitrogen and oxygen atoms in total. The zero-order valence-electron chi connectivity index (χ0n) is 22.0. The summed E-state index contributed by atoms with van der Waals surface area (Å²) in [6, 6.07) is 21.6.